The van der Waals surface area contributed by atoms with Gasteiger partial charge in [-0.15, -0.1) is 0 Å². The number of carbonyl (C=O) groups excluding carboxylic acids is 1. The van der Waals surface area contributed by atoms with Crippen LogP contribution >= 0.6 is 23.2 Å². The number of nitrogens with one attached hydrogen (secondary N) is 1. The Morgan fingerprint density at radius 1 is 1.12 bits per heavy atom. The Morgan fingerprint density at radius 3 is 2.69 bits per heavy atom. The van der Waals surface area contributed by atoms with Gasteiger partial charge in [0.1, 0.15) is 5.82 Å². The first-order chi connectivity index (χ1) is 15.5. The monoisotopic (exact) mass is 476 g/mol. The van der Waals surface area contributed by atoms with Crippen LogP contribution in [0.5, 0.6) is 0 Å². The minimum Gasteiger partial charge on any atom is -0.381 e. The smallest absolute Gasteiger partial charge is 0.254 e. The van der Waals surface area contributed by atoms with Gasteiger partial charge in [0.25, 0.3) is 5.91 Å². The standard InChI is InChI=1S/C24H30Cl2N4O2/c1-32-18-8-14-29(15-9-18)11-3-13-30-12-2-4-19-20(24(30)31)7-10-27-23(19)28-17-5-6-21(25)22(26)16-17/h5-7,10,16,18H,2-4,8-9,11-15H2,1H3,(H,27,28). The van der Waals surface area contributed by atoms with Crippen molar-refractivity contribution in [3.63, 3.8) is 0 Å². The van der Waals surface area contributed by atoms with E-state index in [1.807, 2.05) is 17.0 Å². The molecule has 2 aromatic rings. The molecule has 0 aliphatic carbocycles. The van der Waals surface area contributed by atoms with E-state index in [4.69, 9.17) is 27.9 Å². The number of fused-ring (bicyclic) bond motifs is 1. The summed E-state index contributed by atoms with van der Waals surface area (Å²) in [4.78, 5) is 22.3. The van der Waals surface area contributed by atoms with Gasteiger partial charge in [-0.2, -0.15) is 0 Å². The summed E-state index contributed by atoms with van der Waals surface area (Å²) in [6.07, 6.45) is 6.98. The van der Waals surface area contributed by atoms with Crippen molar-refractivity contribution < 1.29 is 9.53 Å². The molecule has 0 atom stereocenters. The molecule has 1 amide bonds. The average Bonchev–Trinajstić information content (AvgIpc) is 2.96. The molecule has 4 rings (SSSR count). The van der Waals surface area contributed by atoms with Gasteiger partial charge in [-0.1, -0.05) is 23.2 Å². The minimum absolute atomic E-state index is 0.0928. The minimum atomic E-state index is 0.0928. The third-order valence-electron chi connectivity index (χ3n) is 6.38. The van der Waals surface area contributed by atoms with Crippen LogP contribution in [0.1, 0.15) is 41.6 Å². The number of likely N-dealkylation sites (tertiary alicyclic amines) is 1. The molecule has 0 saturated carbocycles. The third kappa shape index (κ3) is 5.54. The number of ether oxygens (including phenoxy) is 1. The van der Waals surface area contributed by atoms with E-state index in [0.29, 0.717) is 22.0 Å². The number of pyridine rings is 1. The first-order valence-corrected chi connectivity index (χ1v) is 12.0. The molecule has 2 aliphatic heterocycles. The molecule has 32 heavy (non-hydrogen) atoms. The topological polar surface area (TPSA) is 57.7 Å². The maximum atomic E-state index is 13.3. The van der Waals surface area contributed by atoms with E-state index in [-0.39, 0.29) is 5.91 Å². The maximum Gasteiger partial charge on any atom is 0.254 e. The highest BCUT2D eigenvalue weighted by Crippen LogP contribution is 2.30. The Balaban J connectivity index is 1.39. The van der Waals surface area contributed by atoms with E-state index in [0.717, 1.165) is 81.6 Å². The predicted octanol–water partition coefficient (Wildman–Crippen LogP) is 5.02. The molecule has 2 aliphatic rings. The number of carbonyl (C=O) groups is 1. The molecular weight excluding hydrogens is 447 g/mol. The van der Waals surface area contributed by atoms with Crippen molar-refractivity contribution in [2.24, 2.45) is 0 Å². The van der Waals surface area contributed by atoms with Crippen LogP contribution in [0.2, 0.25) is 10.0 Å². The molecule has 0 spiro atoms. The fourth-order valence-corrected chi connectivity index (χ4v) is 4.85. The number of amides is 1. The van der Waals surface area contributed by atoms with Gasteiger partial charge in [0.2, 0.25) is 0 Å². The molecule has 1 N–H and O–H groups in total. The second-order valence-corrected chi connectivity index (χ2v) is 9.28. The number of benzene rings is 1. The van der Waals surface area contributed by atoms with E-state index in [1.165, 1.54) is 0 Å². The molecule has 6 nitrogen and oxygen atoms in total. The third-order valence-corrected chi connectivity index (χ3v) is 7.12. The van der Waals surface area contributed by atoms with Gasteiger partial charge in [-0.05, 0) is 62.9 Å². The summed E-state index contributed by atoms with van der Waals surface area (Å²) >= 11 is 12.2. The summed E-state index contributed by atoms with van der Waals surface area (Å²) in [6.45, 7) is 4.72. The van der Waals surface area contributed by atoms with Gasteiger partial charge in [0, 0.05) is 56.3 Å². The molecule has 0 radical (unpaired) electrons. The van der Waals surface area contributed by atoms with Crippen molar-refractivity contribution in [3.05, 3.63) is 51.6 Å². The van der Waals surface area contributed by atoms with E-state index in [2.05, 4.69) is 15.2 Å². The largest absolute Gasteiger partial charge is 0.381 e. The Bertz CT molecular complexity index is 948. The van der Waals surface area contributed by atoms with Crippen LogP contribution in [0.15, 0.2) is 30.5 Å². The number of methoxy groups -OCH3 is 1. The normalized spacial score (nSPS) is 17.8. The summed E-state index contributed by atoms with van der Waals surface area (Å²) in [5, 5.41) is 4.30. The molecule has 1 saturated heterocycles. The molecule has 172 valence electrons. The molecule has 8 heteroatoms. The summed E-state index contributed by atoms with van der Waals surface area (Å²) in [6, 6.07) is 7.21. The van der Waals surface area contributed by atoms with Crippen LogP contribution in [0.3, 0.4) is 0 Å². The highest BCUT2D eigenvalue weighted by molar-refractivity contribution is 6.42. The van der Waals surface area contributed by atoms with Crippen LogP contribution in [0.4, 0.5) is 11.5 Å². The number of hydrogen-bond donors (Lipinski definition) is 1. The molecule has 3 heterocycles. The lowest BCUT2D eigenvalue weighted by molar-refractivity contribution is 0.0398. The summed E-state index contributed by atoms with van der Waals surface area (Å²) in [5.41, 5.74) is 2.50. The van der Waals surface area contributed by atoms with Crippen LogP contribution in [0.25, 0.3) is 0 Å². The number of hydrogen-bond acceptors (Lipinski definition) is 5. The molecule has 0 unspecified atom stereocenters. The number of nitrogens with zero attached hydrogens (tertiary/aromatic N) is 3. The van der Waals surface area contributed by atoms with E-state index in [1.54, 1.807) is 25.4 Å². The number of halogens is 2. The zero-order valence-corrected chi connectivity index (χ0v) is 20.0. The Morgan fingerprint density at radius 2 is 1.94 bits per heavy atom. The fraction of sp³-hybridized carbons (Fsp3) is 0.500. The molecule has 1 fully saturated rings. The van der Waals surface area contributed by atoms with Gasteiger partial charge in [-0.25, -0.2) is 4.98 Å². The van der Waals surface area contributed by atoms with E-state index < -0.39 is 0 Å². The average molecular weight is 477 g/mol. The van der Waals surface area contributed by atoms with E-state index >= 15 is 0 Å². The van der Waals surface area contributed by atoms with Crippen molar-refractivity contribution in [2.75, 3.05) is 45.2 Å². The first kappa shape index (κ1) is 23.3. The molecule has 1 aromatic carbocycles. The second-order valence-electron chi connectivity index (χ2n) is 8.47. The van der Waals surface area contributed by atoms with E-state index in [9.17, 15) is 4.79 Å². The molecular formula is C24H30Cl2N4O2. The second kappa shape index (κ2) is 10.8. The van der Waals surface area contributed by atoms with Crippen LogP contribution < -0.4 is 5.32 Å². The maximum absolute atomic E-state index is 13.3. The van der Waals surface area contributed by atoms with Crippen LogP contribution in [-0.4, -0.2) is 66.6 Å². The van der Waals surface area contributed by atoms with Crippen LogP contribution in [0, 0.1) is 0 Å². The number of aromatic nitrogens is 1. The Kier molecular flexibility index (Phi) is 7.89. The highest BCUT2D eigenvalue weighted by Gasteiger charge is 2.25. The van der Waals surface area contributed by atoms with Crippen molar-refractivity contribution in [1.29, 1.82) is 0 Å². The Labute approximate surface area is 199 Å². The summed E-state index contributed by atoms with van der Waals surface area (Å²) in [5.74, 6) is 0.798. The fourth-order valence-electron chi connectivity index (χ4n) is 4.55. The van der Waals surface area contributed by atoms with Crippen molar-refractivity contribution in [3.8, 4) is 0 Å². The lowest BCUT2D eigenvalue weighted by atomic mass is 10.0. The zero-order valence-electron chi connectivity index (χ0n) is 18.4. The summed E-state index contributed by atoms with van der Waals surface area (Å²) < 4.78 is 5.46. The van der Waals surface area contributed by atoms with Gasteiger partial charge in [0.15, 0.2) is 0 Å². The van der Waals surface area contributed by atoms with Crippen molar-refractivity contribution in [2.45, 2.75) is 38.2 Å². The van der Waals surface area contributed by atoms with Gasteiger partial charge >= 0.3 is 0 Å². The number of rotatable bonds is 7. The molecule has 0 bridgehead atoms. The quantitative estimate of drug-likeness (QED) is 0.607. The van der Waals surface area contributed by atoms with Crippen molar-refractivity contribution >= 4 is 40.6 Å². The van der Waals surface area contributed by atoms with Crippen LogP contribution in [-0.2, 0) is 11.2 Å². The van der Waals surface area contributed by atoms with Gasteiger partial charge < -0.3 is 19.9 Å². The van der Waals surface area contributed by atoms with Gasteiger partial charge in [-0.3, -0.25) is 4.79 Å². The lowest BCUT2D eigenvalue weighted by Crippen LogP contribution is -2.39. The number of piperidine rings is 1. The lowest BCUT2D eigenvalue weighted by Gasteiger charge is -2.31. The summed E-state index contributed by atoms with van der Waals surface area (Å²) in [7, 11) is 1.80. The zero-order chi connectivity index (χ0) is 22.5. The predicted molar refractivity (Wildman–Crippen MR) is 129 cm³/mol. The molecule has 1 aromatic heterocycles. The SMILES string of the molecule is COC1CCN(CCCN2CCCc3c(ccnc3Nc3ccc(Cl)c(Cl)c3)C2=O)CC1. The van der Waals surface area contributed by atoms with Gasteiger partial charge in [0.05, 0.1) is 16.1 Å². The first-order valence-electron chi connectivity index (χ1n) is 11.3. The number of anilines is 2. The highest BCUT2D eigenvalue weighted by atomic mass is 35.5. The van der Waals surface area contributed by atoms with Crippen molar-refractivity contribution in [1.82, 2.24) is 14.8 Å². The Hall–Kier alpha value is -1.86.